The van der Waals surface area contributed by atoms with Gasteiger partial charge in [-0.05, 0) is 37.4 Å². The number of hydrogen-bond donors (Lipinski definition) is 0. The molecule has 0 saturated carbocycles. The van der Waals surface area contributed by atoms with E-state index in [4.69, 9.17) is 5.10 Å². The fraction of sp³-hybridized carbons (Fsp3) is 0.409. The van der Waals surface area contributed by atoms with E-state index in [-0.39, 0.29) is 0 Å². The highest BCUT2D eigenvalue weighted by Gasteiger charge is 2.36. The van der Waals surface area contributed by atoms with Gasteiger partial charge in [0.2, 0.25) is 0 Å². The predicted octanol–water partition coefficient (Wildman–Crippen LogP) is 4.00. The Kier molecular flexibility index (Phi) is 4.93. The van der Waals surface area contributed by atoms with Gasteiger partial charge in [-0.1, -0.05) is 42.5 Å². The summed E-state index contributed by atoms with van der Waals surface area (Å²) in [6, 6.07) is 11.1. The molecule has 2 aromatic rings. The molecule has 4 heteroatoms. The molecule has 1 aromatic heterocycles. The van der Waals surface area contributed by atoms with Crippen molar-refractivity contribution in [3.8, 4) is 11.1 Å². The van der Waals surface area contributed by atoms with Crippen molar-refractivity contribution in [1.29, 1.82) is 0 Å². The maximum absolute atomic E-state index is 5.09. The lowest BCUT2D eigenvalue weighted by atomic mass is 9.84. The molecule has 0 radical (unpaired) electrons. The van der Waals surface area contributed by atoms with Crippen LogP contribution in [0.3, 0.4) is 0 Å². The van der Waals surface area contributed by atoms with Crippen LogP contribution in [0.5, 0.6) is 0 Å². The van der Waals surface area contributed by atoms with Crippen LogP contribution >= 0.6 is 0 Å². The van der Waals surface area contributed by atoms with Crippen molar-refractivity contribution in [3.63, 3.8) is 0 Å². The van der Waals surface area contributed by atoms with E-state index in [2.05, 4.69) is 64.2 Å². The van der Waals surface area contributed by atoms with Gasteiger partial charge in [-0.2, -0.15) is 5.10 Å². The lowest BCUT2D eigenvalue weighted by molar-refractivity contribution is 0.0514. The fourth-order valence-corrected chi connectivity index (χ4v) is 4.40. The molecule has 0 N–H and O–H groups in total. The van der Waals surface area contributed by atoms with Crippen LogP contribution in [0.4, 0.5) is 5.82 Å². The van der Waals surface area contributed by atoms with E-state index in [0.717, 1.165) is 31.4 Å². The Labute approximate surface area is 156 Å². The Morgan fingerprint density at radius 1 is 1.08 bits per heavy atom. The monoisotopic (exact) mass is 348 g/mol. The van der Waals surface area contributed by atoms with Crippen molar-refractivity contribution in [3.05, 3.63) is 61.8 Å². The molecule has 4 nitrogen and oxygen atoms in total. The average molecular weight is 348 g/mol. The van der Waals surface area contributed by atoms with Gasteiger partial charge in [0.25, 0.3) is 0 Å². The van der Waals surface area contributed by atoms with Crippen LogP contribution in [0.1, 0.15) is 18.9 Å². The minimum atomic E-state index is 0.489. The smallest absolute Gasteiger partial charge is 0.159 e. The lowest BCUT2D eigenvalue weighted by Crippen LogP contribution is -2.48. The third kappa shape index (κ3) is 3.21. The van der Waals surface area contributed by atoms with Crippen LogP contribution in [0, 0.1) is 5.92 Å². The topological polar surface area (TPSA) is 24.3 Å². The molecule has 3 aliphatic rings. The van der Waals surface area contributed by atoms with Gasteiger partial charge in [-0.3, -0.25) is 4.68 Å². The SMILES string of the molecule is C=CCN(CC=C)c1nn(C2CN3CCC2CC3)cc1-c1ccccc1. The molecule has 0 amide bonds. The van der Waals surface area contributed by atoms with E-state index >= 15 is 0 Å². The number of fused-ring (bicyclic) bond motifs is 3. The summed E-state index contributed by atoms with van der Waals surface area (Å²) in [5.74, 6) is 1.79. The maximum atomic E-state index is 5.09. The number of anilines is 1. The highest BCUT2D eigenvalue weighted by Crippen LogP contribution is 2.38. The van der Waals surface area contributed by atoms with E-state index in [0.29, 0.717) is 6.04 Å². The van der Waals surface area contributed by atoms with Crippen LogP contribution in [-0.4, -0.2) is 47.4 Å². The van der Waals surface area contributed by atoms with Gasteiger partial charge >= 0.3 is 0 Å². The van der Waals surface area contributed by atoms with Crippen LogP contribution in [-0.2, 0) is 0 Å². The first-order valence-corrected chi connectivity index (χ1v) is 9.64. The third-order valence-electron chi connectivity index (χ3n) is 5.76. The molecular weight excluding hydrogens is 320 g/mol. The van der Waals surface area contributed by atoms with Crippen LogP contribution in [0.25, 0.3) is 11.1 Å². The molecule has 26 heavy (non-hydrogen) atoms. The van der Waals surface area contributed by atoms with Crippen molar-refractivity contribution in [2.24, 2.45) is 5.92 Å². The summed E-state index contributed by atoms with van der Waals surface area (Å²) in [6.07, 6.45) is 8.72. The molecule has 4 heterocycles. The summed E-state index contributed by atoms with van der Waals surface area (Å²) in [5.41, 5.74) is 2.42. The first-order chi connectivity index (χ1) is 12.8. The molecular formula is C22H28N4. The highest BCUT2D eigenvalue weighted by molar-refractivity contribution is 5.75. The van der Waals surface area contributed by atoms with Crippen molar-refractivity contribution in [1.82, 2.24) is 14.7 Å². The van der Waals surface area contributed by atoms with E-state index < -0.39 is 0 Å². The molecule has 5 rings (SSSR count). The second kappa shape index (κ2) is 7.50. The van der Waals surface area contributed by atoms with Gasteiger partial charge in [-0.25, -0.2) is 0 Å². The number of benzene rings is 1. The normalized spacial score (nSPS) is 24.4. The Bertz CT molecular complexity index is 746. The minimum absolute atomic E-state index is 0.489. The van der Waals surface area contributed by atoms with Crippen molar-refractivity contribution in [2.45, 2.75) is 18.9 Å². The van der Waals surface area contributed by atoms with Gasteiger partial charge in [0.15, 0.2) is 5.82 Å². The predicted molar refractivity (Wildman–Crippen MR) is 108 cm³/mol. The Morgan fingerprint density at radius 3 is 2.35 bits per heavy atom. The van der Waals surface area contributed by atoms with Crippen molar-refractivity contribution < 1.29 is 0 Å². The molecule has 0 spiro atoms. The van der Waals surface area contributed by atoms with Gasteiger partial charge < -0.3 is 9.80 Å². The zero-order valence-electron chi connectivity index (χ0n) is 15.4. The number of aromatic nitrogens is 2. The molecule has 1 aromatic carbocycles. The zero-order valence-corrected chi connectivity index (χ0v) is 15.4. The second-order valence-electron chi connectivity index (χ2n) is 7.40. The number of rotatable bonds is 7. The first-order valence-electron chi connectivity index (χ1n) is 9.64. The van der Waals surface area contributed by atoms with Gasteiger partial charge in [0, 0.05) is 31.4 Å². The minimum Gasteiger partial charge on any atom is -0.347 e. The maximum Gasteiger partial charge on any atom is 0.159 e. The van der Waals surface area contributed by atoms with Gasteiger partial charge in [0.1, 0.15) is 0 Å². The zero-order chi connectivity index (χ0) is 17.9. The first kappa shape index (κ1) is 17.1. The summed E-state index contributed by atoms with van der Waals surface area (Å²) < 4.78 is 2.24. The Morgan fingerprint density at radius 2 is 1.77 bits per heavy atom. The molecule has 3 aliphatic heterocycles. The number of piperidine rings is 3. The van der Waals surface area contributed by atoms with Gasteiger partial charge in [0.05, 0.1) is 6.04 Å². The van der Waals surface area contributed by atoms with Gasteiger partial charge in [-0.15, -0.1) is 13.2 Å². The average Bonchev–Trinajstić information content (AvgIpc) is 3.15. The fourth-order valence-electron chi connectivity index (χ4n) is 4.40. The van der Waals surface area contributed by atoms with Crippen molar-refractivity contribution >= 4 is 5.82 Å². The van der Waals surface area contributed by atoms with E-state index in [1.165, 1.54) is 37.1 Å². The molecule has 2 bridgehead atoms. The Balaban J connectivity index is 1.74. The number of nitrogens with zero attached hydrogens (tertiary/aromatic N) is 4. The van der Waals surface area contributed by atoms with Crippen LogP contribution in [0.2, 0.25) is 0 Å². The summed E-state index contributed by atoms with van der Waals surface area (Å²) >= 11 is 0. The summed E-state index contributed by atoms with van der Waals surface area (Å²) in [4.78, 5) is 4.83. The molecule has 3 saturated heterocycles. The summed E-state index contributed by atoms with van der Waals surface area (Å²) in [5, 5.41) is 5.09. The second-order valence-corrected chi connectivity index (χ2v) is 7.40. The summed E-state index contributed by atoms with van der Waals surface area (Å²) in [7, 11) is 0. The van der Waals surface area contributed by atoms with Crippen LogP contribution in [0.15, 0.2) is 61.8 Å². The lowest BCUT2D eigenvalue weighted by Gasteiger charge is -2.44. The molecule has 1 atom stereocenters. The van der Waals surface area contributed by atoms with Crippen LogP contribution < -0.4 is 4.90 Å². The van der Waals surface area contributed by atoms with E-state index in [1.807, 2.05) is 12.2 Å². The van der Waals surface area contributed by atoms with E-state index in [1.54, 1.807) is 0 Å². The number of hydrogen-bond acceptors (Lipinski definition) is 3. The third-order valence-corrected chi connectivity index (χ3v) is 5.76. The molecule has 0 aliphatic carbocycles. The molecule has 1 unspecified atom stereocenters. The Hall–Kier alpha value is -2.33. The molecule has 136 valence electrons. The highest BCUT2D eigenvalue weighted by atomic mass is 15.4. The molecule has 3 fully saturated rings. The largest absolute Gasteiger partial charge is 0.347 e. The van der Waals surface area contributed by atoms with Crippen molar-refractivity contribution in [2.75, 3.05) is 37.6 Å². The standard InChI is InChI=1S/C22H28N4/c1-3-12-25(13-4-2)22-20(18-8-6-5-7-9-18)16-26(23-22)21-17-24-14-10-19(21)11-15-24/h3-9,16,19,21H,1-2,10-15,17H2. The quantitative estimate of drug-likeness (QED) is 0.707. The van der Waals surface area contributed by atoms with E-state index in [9.17, 15) is 0 Å². The summed E-state index contributed by atoms with van der Waals surface area (Å²) in [6.45, 7) is 13.0.